The van der Waals surface area contributed by atoms with Gasteiger partial charge in [0.05, 0.1) is 24.3 Å². The Morgan fingerprint density at radius 1 is 1.15 bits per heavy atom. The molecule has 0 radical (unpaired) electrons. The summed E-state index contributed by atoms with van der Waals surface area (Å²) < 4.78 is 5.39. The molecule has 2 aromatic rings. The van der Waals surface area contributed by atoms with E-state index in [2.05, 4.69) is 54.2 Å². The summed E-state index contributed by atoms with van der Waals surface area (Å²) in [4.78, 5) is 37.5. The van der Waals surface area contributed by atoms with Crippen molar-refractivity contribution in [2.45, 2.75) is 52.0 Å². The molecule has 2 aromatic carbocycles. The number of amides is 3. The third-order valence-electron chi connectivity index (χ3n) is 6.32. The fraction of sp³-hybridized carbons (Fsp3) is 0.423. The van der Waals surface area contributed by atoms with E-state index in [1.807, 2.05) is 6.07 Å². The Labute approximate surface area is 199 Å². The van der Waals surface area contributed by atoms with Gasteiger partial charge >= 0.3 is 0 Å². The quantitative estimate of drug-likeness (QED) is 0.542. The third-order valence-corrected chi connectivity index (χ3v) is 6.32. The number of benzene rings is 2. The Bertz CT molecular complexity index is 1150. The Kier molecular flexibility index (Phi) is 6.12. The predicted molar refractivity (Wildman–Crippen MR) is 132 cm³/mol. The minimum Gasteiger partial charge on any atom is -0.494 e. The highest BCUT2D eigenvalue weighted by Gasteiger charge is 2.53. The number of anilines is 3. The van der Waals surface area contributed by atoms with Gasteiger partial charge in [-0.3, -0.25) is 14.4 Å². The highest BCUT2D eigenvalue weighted by atomic mass is 16.5. The summed E-state index contributed by atoms with van der Waals surface area (Å²) in [5.41, 5.74) is 3.38. The first-order chi connectivity index (χ1) is 16.0. The lowest BCUT2D eigenvalue weighted by atomic mass is 9.78. The lowest BCUT2D eigenvalue weighted by molar-refractivity contribution is -0.120. The number of carbonyl (C=O) groups is 3. The highest BCUT2D eigenvalue weighted by Crippen LogP contribution is 2.44. The molecule has 2 aliphatic rings. The molecule has 0 aliphatic carbocycles. The molecule has 8 nitrogen and oxygen atoms in total. The van der Waals surface area contributed by atoms with Crippen molar-refractivity contribution in [2.24, 2.45) is 5.41 Å². The van der Waals surface area contributed by atoms with Gasteiger partial charge in [0, 0.05) is 30.9 Å². The van der Waals surface area contributed by atoms with Crippen molar-refractivity contribution in [2.75, 3.05) is 29.6 Å². The lowest BCUT2D eigenvalue weighted by Gasteiger charge is -2.23. The molecule has 0 aromatic heterocycles. The van der Waals surface area contributed by atoms with E-state index in [1.165, 1.54) is 19.6 Å². The van der Waals surface area contributed by atoms with Crippen molar-refractivity contribution in [3.05, 3.63) is 47.5 Å². The molecule has 3 amide bonds. The topological polar surface area (TPSA) is 109 Å². The normalized spacial score (nSPS) is 21.2. The second-order valence-corrected chi connectivity index (χ2v) is 10.4. The number of hydrogen-bond donors (Lipinski definition) is 4. The van der Waals surface area contributed by atoms with Crippen LogP contribution >= 0.6 is 0 Å². The molecule has 2 heterocycles. The van der Waals surface area contributed by atoms with E-state index in [4.69, 9.17) is 4.74 Å². The molecule has 8 heteroatoms. The van der Waals surface area contributed by atoms with E-state index in [9.17, 15) is 14.4 Å². The van der Waals surface area contributed by atoms with Crippen molar-refractivity contribution < 1.29 is 19.1 Å². The zero-order chi connectivity index (χ0) is 24.7. The number of rotatable bonds is 5. The van der Waals surface area contributed by atoms with Crippen LogP contribution < -0.4 is 26.0 Å². The van der Waals surface area contributed by atoms with Crippen LogP contribution in [0, 0.1) is 5.41 Å². The van der Waals surface area contributed by atoms with Gasteiger partial charge in [-0.1, -0.05) is 32.9 Å². The summed E-state index contributed by atoms with van der Waals surface area (Å²) in [6, 6.07) is 10.6. The van der Waals surface area contributed by atoms with E-state index in [0.717, 1.165) is 17.7 Å². The molecule has 0 saturated carbocycles. The number of methoxy groups -OCH3 is 1. The number of ether oxygens (including phenoxy) is 1. The van der Waals surface area contributed by atoms with Crippen LogP contribution in [-0.2, 0) is 26.2 Å². The van der Waals surface area contributed by atoms with E-state index in [-0.39, 0.29) is 23.1 Å². The molecular weight excluding hydrogens is 432 g/mol. The van der Waals surface area contributed by atoms with Crippen LogP contribution in [0.15, 0.2) is 36.4 Å². The monoisotopic (exact) mass is 464 g/mol. The molecule has 1 fully saturated rings. The molecule has 180 valence electrons. The number of hydrogen-bond acceptors (Lipinski definition) is 5. The summed E-state index contributed by atoms with van der Waals surface area (Å²) in [5.74, 6) is -0.0758. The van der Waals surface area contributed by atoms with E-state index in [0.29, 0.717) is 30.1 Å². The van der Waals surface area contributed by atoms with Crippen molar-refractivity contribution in [3.63, 3.8) is 0 Å². The molecule has 1 spiro atoms. The van der Waals surface area contributed by atoms with Gasteiger partial charge in [-0.15, -0.1) is 0 Å². The maximum absolute atomic E-state index is 13.1. The van der Waals surface area contributed by atoms with Gasteiger partial charge in [0.2, 0.25) is 17.7 Å². The molecule has 2 aliphatic heterocycles. The van der Waals surface area contributed by atoms with Crippen LogP contribution in [0.2, 0.25) is 0 Å². The van der Waals surface area contributed by atoms with E-state index in [1.54, 1.807) is 18.2 Å². The second kappa shape index (κ2) is 8.76. The molecule has 4 rings (SSSR count). The molecular formula is C26H32N4O4. The number of nitrogens with one attached hydrogen (secondary N) is 4. The predicted octanol–water partition coefficient (Wildman–Crippen LogP) is 3.43. The first-order valence-corrected chi connectivity index (χ1v) is 11.5. The third kappa shape index (κ3) is 4.63. The molecule has 2 unspecified atom stereocenters. The van der Waals surface area contributed by atoms with Crippen LogP contribution in [-0.4, -0.2) is 37.4 Å². The summed E-state index contributed by atoms with van der Waals surface area (Å²) in [6.07, 6.45) is 1.26. The summed E-state index contributed by atoms with van der Waals surface area (Å²) in [7, 11) is 1.50. The van der Waals surface area contributed by atoms with Gasteiger partial charge in [-0.2, -0.15) is 0 Å². The molecule has 0 bridgehead atoms. The lowest BCUT2D eigenvalue weighted by Crippen LogP contribution is -2.36. The zero-order valence-electron chi connectivity index (χ0n) is 20.3. The van der Waals surface area contributed by atoms with Crippen molar-refractivity contribution in [1.82, 2.24) is 5.32 Å². The van der Waals surface area contributed by atoms with Crippen molar-refractivity contribution in [3.8, 4) is 5.75 Å². The van der Waals surface area contributed by atoms with Gasteiger partial charge in [-0.25, -0.2) is 0 Å². The zero-order valence-corrected chi connectivity index (χ0v) is 20.3. The Morgan fingerprint density at radius 2 is 1.91 bits per heavy atom. The van der Waals surface area contributed by atoms with E-state index < -0.39 is 11.5 Å². The number of carbonyl (C=O) groups excluding carboxylic acids is 3. The molecule has 1 saturated heterocycles. The van der Waals surface area contributed by atoms with Gasteiger partial charge < -0.3 is 26.0 Å². The van der Waals surface area contributed by atoms with Gasteiger partial charge in [-0.05, 0) is 47.6 Å². The first kappa shape index (κ1) is 23.8. The average Bonchev–Trinajstić information content (AvgIpc) is 3.31. The minimum atomic E-state index is -0.773. The van der Waals surface area contributed by atoms with Crippen LogP contribution in [0.4, 0.5) is 17.1 Å². The largest absolute Gasteiger partial charge is 0.494 e. The van der Waals surface area contributed by atoms with E-state index >= 15 is 0 Å². The fourth-order valence-electron chi connectivity index (χ4n) is 4.83. The average molecular weight is 465 g/mol. The van der Waals surface area contributed by atoms with Crippen LogP contribution in [0.25, 0.3) is 0 Å². The van der Waals surface area contributed by atoms with Crippen molar-refractivity contribution >= 4 is 34.8 Å². The summed E-state index contributed by atoms with van der Waals surface area (Å²) >= 11 is 0. The summed E-state index contributed by atoms with van der Waals surface area (Å²) in [6.45, 7) is 8.38. The maximum Gasteiger partial charge on any atom is 0.241 e. The van der Waals surface area contributed by atoms with Crippen LogP contribution in [0.5, 0.6) is 5.75 Å². The smallest absolute Gasteiger partial charge is 0.241 e. The standard InChI is InChI=1S/C26H32N4O4/c1-15(31)28-17-7-9-20(22(11-17)34-5)29-23(32)21-13-26(14-27-21)18-10-16(12-25(2,3)4)6-8-19(18)30-24(26)33/h6-11,21,27H,12-14H2,1-5H3,(H,28,31)(H,29,32)(H,30,33). The number of fused-ring (bicyclic) bond motifs is 2. The molecule has 34 heavy (non-hydrogen) atoms. The SMILES string of the molecule is COc1cc(NC(C)=O)ccc1NC(=O)C1CC2(CN1)C(=O)Nc1ccc(CC(C)(C)C)cc12. The maximum atomic E-state index is 13.1. The van der Waals surface area contributed by atoms with Gasteiger partial charge in [0.1, 0.15) is 5.75 Å². The van der Waals surface area contributed by atoms with Crippen molar-refractivity contribution in [1.29, 1.82) is 0 Å². The first-order valence-electron chi connectivity index (χ1n) is 11.5. The Hall–Kier alpha value is -3.39. The molecule has 4 N–H and O–H groups in total. The van der Waals surface area contributed by atoms with Crippen LogP contribution in [0.1, 0.15) is 45.2 Å². The Morgan fingerprint density at radius 3 is 2.59 bits per heavy atom. The van der Waals surface area contributed by atoms with Gasteiger partial charge in [0.15, 0.2) is 0 Å². The Balaban J connectivity index is 1.53. The highest BCUT2D eigenvalue weighted by molar-refractivity contribution is 6.08. The minimum absolute atomic E-state index is 0.0737. The fourth-order valence-corrected chi connectivity index (χ4v) is 4.83. The summed E-state index contributed by atoms with van der Waals surface area (Å²) in [5, 5.41) is 11.9. The van der Waals surface area contributed by atoms with Crippen LogP contribution in [0.3, 0.4) is 0 Å². The van der Waals surface area contributed by atoms with Gasteiger partial charge in [0.25, 0.3) is 0 Å². The molecule has 2 atom stereocenters. The second-order valence-electron chi connectivity index (χ2n) is 10.4.